The fourth-order valence-electron chi connectivity index (χ4n) is 2.87. The van der Waals surface area contributed by atoms with Crippen LogP contribution >= 0.6 is 0 Å². The van der Waals surface area contributed by atoms with Crippen LogP contribution in [0.2, 0.25) is 0 Å². The minimum absolute atomic E-state index is 0.597. The molecule has 1 saturated carbocycles. The molecule has 2 aliphatic rings. The summed E-state index contributed by atoms with van der Waals surface area (Å²) in [4.78, 5) is 6.71. The van der Waals surface area contributed by atoms with E-state index >= 15 is 0 Å². The van der Waals surface area contributed by atoms with Crippen molar-refractivity contribution in [2.75, 3.05) is 13.3 Å². The fraction of sp³-hybridized carbons (Fsp3) is 0.833. The van der Waals surface area contributed by atoms with E-state index in [1.165, 1.54) is 19.3 Å². The molecule has 1 aliphatic heterocycles. The van der Waals surface area contributed by atoms with Crippen LogP contribution in [0, 0.1) is 23.3 Å². The van der Waals surface area contributed by atoms with Crippen LogP contribution in [0.3, 0.4) is 0 Å². The molecule has 1 fully saturated rings. The Morgan fingerprint density at radius 1 is 1.47 bits per heavy atom. The number of hydrogen-bond acceptors (Lipinski definition) is 5. The number of rotatable bonds is 1. The van der Waals surface area contributed by atoms with Crippen molar-refractivity contribution in [3.05, 3.63) is 0 Å². The Kier molecular flexibility index (Phi) is 3.85. The lowest BCUT2D eigenvalue weighted by atomic mass is 9.77. The Morgan fingerprint density at radius 3 is 2.94 bits per heavy atom. The van der Waals surface area contributed by atoms with Crippen LogP contribution in [0.25, 0.3) is 0 Å². The average molecular weight is 235 g/mol. The molecule has 0 amide bonds. The molecule has 2 N–H and O–H groups in total. The number of aliphatic imine (C=N–C) groups is 1. The zero-order valence-electron chi connectivity index (χ0n) is 10.6. The van der Waals surface area contributed by atoms with Gasteiger partial charge in [0.05, 0.1) is 13.3 Å². The van der Waals surface area contributed by atoms with Crippen molar-refractivity contribution in [1.82, 2.24) is 15.5 Å². The van der Waals surface area contributed by atoms with Gasteiger partial charge in [-0.05, 0) is 18.3 Å². The zero-order chi connectivity index (χ0) is 12.3. The van der Waals surface area contributed by atoms with Crippen molar-refractivity contribution in [3.63, 3.8) is 0 Å². The smallest absolute Gasteiger partial charge is 0.207 e. The minimum atomic E-state index is 0.597. The Balaban J connectivity index is 1.94. The highest BCUT2D eigenvalue weighted by Crippen LogP contribution is 2.32. The van der Waals surface area contributed by atoms with Crippen LogP contribution in [-0.4, -0.2) is 30.2 Å². The molecule has 0 spiro atoms. The minimum Gasteiger partial charge on any atom is -0.343 e. The standard InChI is InChI=1S/C12H21N5/c1-9-4-3-5-11(10(9)2)17-7-15-12(14-6-13)16-8-17/h9-11H,3-5,7-8H2,1-2H3,(H2,14,15,16)/t9-,10-,11+/m1/s1. The predicted molar refractivity (Wildman–Crippen MR) is 66.9 cm³/mol. The van der Waals surface area contributed by atoms with Crippen LogP contribution < -0.4 is 10.6 Å². The van der Waals surface area contributed by atoms with Crippen molar-refractivity contribution in [1.29, 1.82) is 5.26 Å². The molecular formula is C12H21N5. The van der Waals surface area contributed by atoms with Crippen molar-refractivity contribution >= 4 is 5.96 Å². The van der Waals surface area contributed by atoms with Gasteiger partial charge < -0.3 is 5.32 Å². The summed E-state index contributed by atoms with van der Waals surface area (Å²) >= 11 is 0. The molecule has 5 heteroatoms. The first-order valence-electron chi connectivity index (χ1n) is 6.40. The number of nitrogens with zero attached hydrogens (tertiary/aromatic N) is 3. The first-order chi connectivity index (χ1) is 8.22. The van der Waals surface area contributed by atoms with Gasteiger partial charge in [0.25, 0.3) is 0 Å². The van der Waals surface area contributed by atoms with Gasteiger partial charge in [-0.3, -0.25) is 10.2 Å². The Labute approximate surface area is 103 Å². The van der Waals surface area contributed by atoms with Crippen molar-refractivity contribution < 1.29 is 0 Å². The van der Waals surface area contributed by atoms with Gasteiger partial charge in [-0.25, -0.2) is 4.99 Å². The van der Waals surface area contributed by atoms with E-state index in [-0.39, 0.29) is 0 Å². The van der Waals surface area contributed by atoms with Crippen LogP contribution in [-0.2, 0) is 0 Å². The van der Waals surface area contributed by atoms with Crippen LogP contribution in [0.15, 0.2) is 4.99 Å². The van der Waals surface area contributed by atoms with Crippen molar-refractivity contribution in [3.8, 4) is 6.19 Å². The van der Waals surface area contributed by atoms with Crippen LogP contribution in [0.1, 0.15) is 33.1 Å². The molecule has 0 aromatic rings. The maximum Gasteiger partial charge on any atom is 0.207 e. The molecule has 94 valence electrons. The number of guanidine groups is 1. The van der Waals surface area contributed by atoms with Gasteiger partial charge in [0.15, 0.2) is 6.19 Å². The summed E-state index contributed by atoms with van der Waals surface area (Å²) in [6, 6.07) is 0.624. The third-order valence-corrected chi connectivity index (χ3v) is 4.17. The lowest BCUT2D eigenvalue weighted by Gasteiger charge is -2.42. The molecule has 0 radical (unpaired) electrons. The van der Waals surface area contributed by atoms with E-state index in [4.69, 9.17) is 5.26 Å². The number of nitriles is 1. The summed E-state index contributed by atoms with van der Waals surface area (Å²) in [6.07, 6.45) is 5.82. The van der Waals surface area contributed by atoms with Gasteiger partial charge in [0.1, 0.15) is 0 Å². The molecule has 0 saturated heterocycles. The lowest BCUT2D eigenvalue weighted by molar-refractivity contribution is 0.0767. The third kappa shape index (κ3) is 2.70. The SMILES string of the molecule is C[C@@H]1[C@H](C)CCC[C@@H]1N1CN=C(NC#N)NC1. The second kappa shape index (κ2) is 5.37. The summed E-state index contributed by atoms with van der Waals surface area (Å²) in [5.74, 6) is 2.13. The van der Waals surface area contributed by atoms with Crippen LogP contribution in [0.5, 0.6) is 0 Å². The highest BCUT2D eigenvalue weighted by atomic mass is 15.4. The molecule has 0 aromatic carbocycles. The van der Waals surface area contributed by atoms with E-state index in [1.807, 2.05) is 6.19 Å². The molecule has 0 bridgehead atoms. The lowest BCUT2D eigenvalue weighted by Crippen LogP contribution is -2.53. The highest BCUT2D eigenvalue weighted by Gasteiger charge is 2.32. The maximum atomic E-state index is 8.51. The summed E-state index contributed by atoms with van der Waals surface area (Å²) in [7, 11) is 0. The van der Waals surface area contributed by atoms with Gasteiger partial charge in [0, 0.05) is 6.04 Å². The third-order valence-electron chi connectivity index (χ3n) is 4.17. The molecule has 17 heavy (non-hydrogen) atoms. The van der Waals surface area contributed by atoms with E-state index in [0.29, 0.717) is 18.7 Å². The van der Waals surface area contributed by atoms with Gasteiger partial charge in [0.2, 0.25) is 5.96 Å². The van der Waals surface area contributed by atoms with Gasteiger partial charge in [-0.1, -0.05) is 26.7 Å². The molecule has 2 rings (SSSR count). The van der Waals surface area contributed by atoms with E-state index in [9.17, 15) is 0 Å². The first kappa shape index (κ1) is 12.2. The average Bonchev–Trinajstić information content (AvgIpc) is 2.34. The van der Waals surface area contributed by atoms with Gasteiger partial charge >= 0.3 is 0 Å². The summed E-state index contributed by atoms with van der Waals surface area (Å²) in [5, 5.41) is 14.2. The van der Waals surface area contributed by atoms with Crippen molar-refractivity contribution in [2.45, 2.75) is 39.2 Å². The second-order valence-corrected chi connectivity index (χ2v) is 5.14. The molecule has 3 atom stereocenters. The zero-order valence-corrected chi connectivity index (χ0v) is 10.6. The normalized spacial score (nSPS) is 34.4. The van der Waals surface area contributed by atoms with E-state index in [1.54, 1.807) is 0 Å². The molecule has 5 nitrogen and oxygen atoms in total. The molecular weight excluding hydrogens is 214 g/mol. The molecule has 0 unspecified atom stereocenters. The van der Waals surface area contributed by atoms with Crippen LogP contribution in [0.4, 0.5) is 0 Å². The quantitative estimate of drug-likeness (QED) is 0.527. The summed E-state index contributed by atoms with van der Waals surface area (Å²) in [6.45, 7) is 6.18. The van der Waals surface area contributed by atoms with E-state index in [2.05, 4.69) is 34.4 Å². The number of hydrogen-bond donors (Lipinski definition) is 2. The Bertz CT molecular complexity index is 332. The summed E-state index contributed by atoms with van der Waals surface area (Å²) in [5.41, 5.74) is 0. The monoisotopic (exact) mass is 235 g/mol. The Hall–Kier alpha value is -1.28. The van der Waals surface area contributed by atoms with Crippen molar-refractivity contribution in [2.24, 2.45) is 16.8 Å². The molecule has 1 heterocycles. The van der Waals surface area contributed by atoms with Gasteiger partial charge in [-0.2, -0.15) is 5.26 Å². The molecule has 0 aromatic heterocycles. The fourth-order valence-corrected chi connectivity index (χ4v) is 2.87. The topological polar surface area (TPSA) is 63.5 Å². The largest absolute Gasteiger partial charge is 0.343 e. The summed E-state index contributed by atoms with van der Waals surface area (Å²) < 4.78 is 0. The highest BCUT2D eigenvalue weighted by molar-refractivity contribution is 5.81. The van der Waals surface area contributed by atoms with Gasteiger partial charge in [-0.15, -0.1) is 0 Å². The second-order valence-electron chi connectivity index (χ2n) is 5.14. The molecule has 1 aliphatic carbocycles. The predicted octanol–water partition coefficient (Wildman–Crippen LogP) is 1.06. The van der Waals surface area contributed by atoms with E-state index < -0.39 is 0 Å². The number of nitrogens with one attached hydrogen (secondary N) is 2. The maximum absolute atomic E-state index is 8.51. The Morgan fingerprint density at radius 2 is 2.29 bits per heavy atom. The van der Waals surface area contributed by atoms with E-state index in [0.717, 1.165) is 18.5 Å². The first-order valence-corrected chi connectivity index (χ1v) is 6.40.